The second-order valence-corrected chi connectivity index (χ2v) is 9.22. The first kappa shape index (κ1) is 23.7. The van der Waals surface area contributed by atoms with Gasteiger partial charge in [0.05, 0.1) is 25.0 Å². The van der Waals surface area contributed by atoms with Gasteiger partial charge in [0.15, 0.2) is 5.54 Å². The van der Waals surface area contributed by atoms with Crippen LogP contribution >= 0.6 is 0 Å². The van der Waals surface area contributed by atoms with Crippen molar-refractivity contribution in [3.05, 3.63) is 107 Å². The molecule has 2 aliphatic rings. The van der Waals surface area contributed by atoms with E-state index in [9.17, 15) is 24.6 Å². The Hall–Kier alpha value is -4.07. The molecule has 3 aromatic carbocycles. The van der Waals surface area contributed by atoms with Gasteiger partial charge in [0, 0.05) is 6.04 Å². The maximum atomic E-state index is 13.5. The summed E-state index contributed by atoms with van der Waals surface area (Å²) in [4.78, 5) is 40.4. The molecule has 0 saturated carbocycles. The first-order chi connectivity index (χ1) is 17.4. The van der Waals surface area contributed by atoms with Crippen LogP contribution in [0.25, 0.3) is 12.2 Å². The fourth-order valence-electron chi connectivity index (χ4n) is 5.25. The molecule has 0 spiro atoms. The Labute approximate surface area is 208 Å². The van der Waals surface area contributed by atoms with Crippen molar-refractivity contribution in [3.63, 3.8) is 0 Å². The Morgan fingerprint density at radius 2 is 1.44 bits per heavy atom. The Kier molecular flexibility index (Phi) is 6.26. The number of carbonyl (C=O) groups excluding carboxylic acids is 2. The first-order valence-electron chi connectivity index (χ1n) is 11.8. The number of aliphatic carboxylic acids is 1. The van der Waals surface area contributed by atoms with Gasteiger partial charge in [-0.05, 0) is 22.3 Å². The monoisotopic (exact) mass is 482 g/mol. The van der Waals surface area contributed by atoms with Crippen LogP contribution in [-0.2, 0) is 20.9 Å². The number of likely N-dealkylation sites (tertiary alicyclic amines) is 1. The quantitative estimate of drug-likeness (QED) is 0.353. The summed E-state index contributed by atoms with van der Waals surface area (Å²) in [5.74, 6) is -4.51. The predicted octanol–water partition coefficient (Wildman–Crippen LogP) is 3.12. The van der Waals surface area contributed by atoms with Crippen molar-refractivity contribution in [1.29, 1.82) is 0 Å². The van der Waals surface area contributed by atoms with Crippen LogP contribution in [0.4, 0.5) is 0 Å². The van der Waals surface area contributed by atoms with Crippen molar-refractivity contribution >= 4 is 29.9 Å². The number of nitrogens with one attached hydrogen (secondary N) is 1. The number of fused-ring (bicyclic) bond motifs is 1. The van der Waals surface area contributed by atoms with E-state index in [1.54, 1.807) is 0 Å². The van der Waals surface area contributed by atoms with Crippen LogP contribution in [-0.4, -0.2) is 45.0 Å². The summed E-state index contributed by atoms with van der Waals surface area (Å²) >= 11 is 0. The largest absolute Gasteiger partial charge is 0.480 e. The Morgan fingerprint density at radius 1 is 0.861 bits per heavy atom. The van der Waals surface area contributed by atoms with Gasteiger partial charge >= 0.3 is 5.97 Å². The molecule has 3 aromatic rings. The minimum Gasteiger partial charge on any atom is -0.480 e. The standard InChI is InChI=1S/C29H26N2O5/c32-18-29(28(35)36)24-23(26(33)31(27(24)34)17-21-9-5-2-6-10-21)25(30-29)22-15-13-20(14-16-22)12-11-19-7-3-1-4-8-19/h1-16,23-25,30,32H,17-18H2,(H,35,36). The van der Waals surface area contributed by atoms with Gasteiger partial charge in [-0.2, -0.15) is 0 Å². The summed E-state index contributed by atoms with van der Waals surface area (Å²) in [5, 5.41) is 23.2. The van der Waals surface area contributed by atoms with Crippen LogP contribution in [0.3, 0.4) is 0 Å². The number of carbonyl (C=O) groups is 3. The van der Waals surface area contributed by atoms with E-state index < -0.39 is 47.8 Å². The molecule has 2 amide bonds. The van der Waals surface area contributed by atoms with Crippen molar-refractivity contribution in [2.75, 3.05) is 6.61 Å². The molecule has 2 aliphatic heterocycles. The molecule has 7 nitrogen and oxygen atoms in total. The minimum atomic E-state index is -1.95. The van der Waals surface area contributed by atoms with Gasteiger partial charge in [-0.25, -0.2) is 0 Å². The Balaban J connectivity index is 1.46. The first-order valence-corrected chi connectivity index (χ1v) is 11.8. The third-order valence-corrected chi connectivity index (χ3v) is 7.12. The lowest BCUT2D eigenvalue weighted by molar-refractivity contribution is -0.153. The van der Waals surface area contributed by atoms with E-state index in [1.165, 1.54) is 0 Å². The number of benzene rings is 3. The third-order valence-electron chi connectivity index (χ3n) is 7.12. The molecule has 3 N–H and O–H groups in total. The zero-order valence-electron chi connectivity index (χ0n) is 19.5. The number of amides is 2. The zero-order valence-corrected chi connectivity index (χ0v) is 19.5. The van der Waals surface area contributed by atoms with Crippen LogP contribution in [0.5, 0.6) is 0 Å². The highest BCUT2D eigenvalue weighted by atomic mass is 16.4. The SMILES string of the molecule is O=C1C2C(c3ccc(C=Cc4ccccc4)cc3)NC(CO)(C(=O)O)C2C(=O)N1Cc1ccccc1. The average molecular weight is 483 g/mol. The molecule has 2 fully saturated rings. The molecule has 0 bridgehead atoms. The second kappa shape index (κ2) is 9.53. The van der Waals surface area contributed by atoms with Gasteiger partial charge in [-0.3, -0.25) is 24.6 Å². The summed E-state index contributed by atoms with van der Waals surface area (Å²) < 4.78 is 0. The number of aliphatic hydroxyl groups excluding tert-OH is 1. The van der Waals surface area contributed by atoms with Crippen LogP contribution in [0, 0.1) is 11.8 Å². The zero-order chi connectivity index (χ0) is 25.3. The van der Waals surface area contributed by atoms with Crippen molar-refractivity contribution in [2.45, 2.75) is 18.1 Å². The van der Waals surface area contributed by atoms with Crippen molar-refractivity contribution < 1.29 is 24.6 Å². The van der Waals surface area contributed by atoms with Gasteiger partial charge in [0.1, 0.15) is 0 Å². The summed E-state index contributed by atoms with van der Waals surface area (Å²) in [5.41, 5.74) is 1.50. The van der Waals surface area contributed by atoms with E-state index in [4.69, 9.17) is 0 Å². The fraction of sp³-hybridized carbons (Fsp3) is 0.207. The van der Waals surface area contributed by atoms with Gasteiger partial charge in [-0.1, -0.05) is 97.1 Å². The number of carboxylic acids is 1. The molecule has 2 saturated heterocycles. The summed E-state index contributed by atoms with van der Waals surface area (Å²) in [6.45, 7) is -0.751. The molecule has 5 rings (SSSR count). The molecule has 4 unspecified atom stereocenters. The number of aliphatic hydroxyl groups is 1. The number of nitrogens with zero attached hydrogens (tertiary/aromatic N) is 1. The molecule has 2 heterocycles. The normalized spacial score (nSPS) is 25.5. The lowest BCUT2D eigenvalue weighted by Crippen LogP contribution is -2.58. The van der Waals surface area contributed by atoms with E-state index in [0.717, 1.165) is 21.6 Å². The summed E-state index contributed by atoms with van der Waals surface area (Å²) in [7, 11) is 0. The maximum Gasteiger partial charge on any atom is 0.327 e. The molecule has 4 atom stereocenters. The number of rotatable bonds is 7. The molecule has 0 aromatic heterocycles. The van der Waals surface area contributed by atoms with Crippen LogP contribution < -0.4 is 5.32 Å². The molecule has 7 heteroatoms. The van der Waals surface area contributed by atoms with Gasteiger partial charge < -0.3 is 10.2 Å². The Morgan fingerprint density at radius 3 is 2.03 bits per heavy atom. The highest BCUT2D eigenvalue weighted by Crippen LogP contribution is 2.49. The van der Waals surface area contributed by atoms with Crippen LogP contribution in [0.15, 0.2) is 84.9 Å². The van der Waals surface area contributed by atoms with Crippen LogP contribution in [0.2, 0.25) is 0 Å². The minimum absolute atomic E-state index is 0.0581. The molecular weight excluding hydrogens is 456 g/mol. The summed E-state index contributed by atoms with van der Waals surface area (Å²) in [6.07, 6.45) is 3.95. The fourth-order valence-corrected chi connectivity index (χ4v) is 5.25. The average Bonchev–Trinajstić information content (AvgIpc) is 3.39. The van der Waals surface area contributed by atoms with Gasteiger partial charge in [-0.15, -0.1) is 0 Å². The molecule has 0 radical (unpaired) electrons. The highest BCUT2D eigenvalue weighted by molar-refractivity contribution is 6.09. The van der Waals surface area contributed by atoms with E-state index in [-0.39, 0.29) is 6.54 Å². The topological polar surface area (TPSA) is 107 Å². The van der Waals surface area contributed by atoms with E-state index in [0.29, 0.717) is 5.56 Å². The van der Waals surface area contributed by atoms with E-state index in [2.05, 4.69) is 5.32 Å². The second-order valence-electron chi connectivity index (χ2n) is 9.22. The summed E-state index contributed by atoms with van der Waals surface area (Å²) in [6, 6.07) is 25.6. The lowest BCUT2D eigenvalue weighted by atomic mass is 9.79. The molecule has 36 heavy (non-hydrogen) atoms. The molecular formula is C29H26N2O5. The van der Waals surface area contributed by atoms with Crippen molar-refractivity contribution in [2.24, 2.45) is 11.8 Å². The third kappa shape index (κ3) is 4.02. The van der Waals surface area contributed by atoms with Crippen molar-refractivity contribution in [1.82, 2.24) is 10.2 Å². The van der Waals surface area contributed by atoms with Gasteiger partial charge in [0.2, 0.25) is 11.8 Å². The van der Waals surface area contributed by atoms with Crippen molar-refractivity contribution in [3.8, 4) is 0 Å². The highest BCUT2D eigenvalue weighted by Gasteiger charge is 2.68. The molecule has 0 aliphatic carbocycles. The van der Waals surface area contributed by atoms with E-state index in [1.807, 2.05) is 97.1 Å². The predicted molar refractivity (Wildman–Crippen MR) is 134 cm³/mol. The number of imide groups is 1. The molecule has 182 valence electrons. The smallest absolute Gasteiger partial charge is 0.327 e. The number of hydrogen-bond acceptors (Lipinski definition) is 5. The lowest BCUT2D eigenvalue weighted by Gasteiger charge is -2.29. The van der Waals surface area contributed by atoms with Crippen LogP contribution in [0.1, 0.15) is 28.3 Å². The number of carboxylic acid groups (broad SMARTS) is 1. The number of hydrogen-bond donors (Lipinski definition) is 3. The Bertz CT molecular complexity index is 1310. The maximum absolute atomic E-state index is 13.5. The van der Waals surface area contributed by atoms with E-state index >= 15 is 0 Å². The van der Waals surface area contributed by atoms with Gasteiger partial charge in [0.25, 0.3) is 0 Å².